The van der Waals surface area contributed by atoms with Crippen LogP contribution in [0, 0.1) is 0 Å². The van der Waals surface area contributed by atoms with Gasteiger partial charge >= 0.3 is 0 Å². The first-order valence-corrected chi connectivity index (χ1v) is 12.1. The van der Waals surface area contributed by atoms with E-state index in [9.17, 15) is 8.42 Å². The first-order valence-electron chi connectivity index (χ1n) is 10.5. The molecule has 0 aliphatic carbocycles. The van der Waals surface area contributed by atoms with Crippen LogP contribution in [-0.2, 0) is 22.3 Å². The maximum atomic E-state index is 12.6. The molecule has 32 heavy (non-hydrogen) atoms. The van der Waals surface area contributed by atoms with E-state index >= 15 is 0 Å². The van der Waals surface area contributed by atoms with Crippen molar-refractivity contribution in [2.75, 3.05) is 53.4 Å². The van der Waals surface area contributed by atoms with Gasteiger partial charge in [0, 0.05) is 52.4 Å². The quantitative estimate of drug-likeness (QED) is 0.211. The normalized spacial score (nSPS) is 15.6. The number of nitrogens with zero attached hydrogens (tertiary/aromatic N) is 5. The summed E-state index contributed by atoms with van der Waals surface area (Å²) in [4.78, 5) is 8.78. The molecule has 0 amide bonds. The van der Waals surface area contributed by atoms with Crippen LogP contribution in [0.3, 0.4) is 0 Å². The van der Waals surface area contributed by atoms with Gasteiger partial charge in [0.2, 0.25) is 10.0 Å². The molecular formula is C21H33IN6O3S. The lowest BCUT2D eigenvalue weighted by Crippen LogP contribution is -2.54. The molecule has 2 heterocycles. The predicted molar refractivity (Wildman–Crippen MR) is 136 cm³/mol. The zero-order valence-corrected chi connectivity index (χ0v) is 21.8. The number of piperazine rings is 1. The maximum Gasteiger partial charge on any atom is 0.220 e. The molecule has 11 heteroatoms. The number of nitrogens with one attached hydrogen (secondary N) is 1. The Bertz CT molecular complexity index is 916. The molecule has 1 aromatic heterocycles. The van der Waals surface area contributed by atoms with Crippen LogP contribution in [0.5, 0.6) is 0 Å². The minimum atomic E-state index is -3.40. The van der Waals surface area contributed by atoms with Gasteiger partial charge in [-0.1, -0.05) is 35.5 Å². The van der Waals surface area contributed by atoms with Gasteiger partial charge in [-0.3, -0.25) is 4.99 Å². The molecule has 178 valence electrons. The summed E-state index contributed by atoms with van der Waals surface area (Å²) in [5, 5.41) is 7.11. The fourth-order valence-electron chi connectivity index (χ4n) is 3.62. The molecule has 1 fully saturated rings. The Morgan fingerprint density at radius 1 is 1.19 bits per heavy atom. The van der Waals surface area contributed by atoms with Crippen LogP contribution in [0.4, 0.5) is 0 Å². The van der Waals surface area contributed by atoms with Crippen LogP contribution >= 0.6 is 24.0 Å². The fourth-order valence-corrected chi connectivity index (χ4v) is 5.05. The second-order valence-electron chi connectivity index (χ2n) is 7.68. The zero-order chi connectivity index (χ0) is 22.1. The zero-order valence-electron chi connectivity index (χ0n) is 18.7. The summed E-state index contributed by atoms with van der Waals surface area (Å²) < 4.78 is 31.4. The summed E-state index contributed by atoms with van der Waals surface area (Å²) in [6.07, 6.45) is 2.38. The van der Waals surface area contributed by atoms with Crippen molar-refractivity contribution in [1.82, 2.24) is 24.6 Å². The van der Waals surface area contributed by atoms with Crippen LogP contribution in [-0.4, -0.2) is 87.0 Å². The molecular weight excluding hydrogens is 543 g/mol. The second-order valence-corrected chi connectivity index (χ2v) is 9.65. The molecule has 1 saturated heterocycles. The molecule has 3 rings (SSSR count). The highest BCUT2D eigenvalue weighted by atomic mass is 127. The molecule has 9 nitrogen and oxygen atoms in total. The van der Waals surface area contributed by atoms with Crippen molar-refractivity contribution in [3.8, 4) is 0 Å². The van der Waals surface area contributed by atoms with Crippen molar-refractivity contribution in [2.24, 2.45) is 4.99 Å². The molecule has 1 aromatic carbocycles. The highest BCUT2D eigenvalue weighted by Crippen LogP contribution is 2.13. The Kier molecular flexibility index (Phi) is 10.9. The number of benzene rings is 1. The third kappa shape index (κ3) is 8.01. The minimum Gasteiger partial charge on any atom is -0.364 e. The van der Waals surface area contributed by atoms with Crippen molar-refractivity contribution >= 4 is 40.0 Å². The monoisotopic (exact) mass is 576 g/mol. The Morgan fingerprint density at radius 2 is 1.91 bits per heavy atom. The number of aromatic nitrogens is 1. The third-order valence-corrected chi connectivity index (χ3v) is 7.07. The molecule has 0 spiro atoms. The van der Waals surface area contributed by atoms with E-state index in [1.54, 1.807) is 13.1 Å². The van der Waals surface area contributed by atoms with E-state index in [0.717, 1.165) is 32.0 Å². The number of rotatable bonds is 9. The lowest BCUT2D eigenvalue weighted by atomic mass is 10.2. The van der Waals surface area contributed by atoms with E-state index < -0.39 is 10.0 Å². The molecule has 0 atom stereocenters. The van der Waals surface area contributed by atoms with Crippen molar-refractivity contribution in [3.63, 3.8) is 0 Å². The molecule has 1 aliphatic rings. The predicted octanol–water partition coefficient (Wildman–Crippen LogP) is 1.84. The second kappa shape index (κ2) is 13.1. The summed E-state index contributed by atoms with van der Waals surface area (Å²) in [5.41, 5.74) is 1.74. The number of guanidine groups is 1. The minimum absolute atomic E-state index is 0. The fraction of sp³-hybridized carbons (Fsp3) is 0.524. The van der Waals surface area contributed by atoms with Crippen LogP contribution in [0.1, 0.15) is 17.7 Å². The molecule has 1 aliphatic heterocycles. The third-order valence-electron chi connectivity index (χ3n) is 5.26. The number of aliphatic imine (C=N–C) groups is 1. The standard InChI is InChI=1S/C21H32N6O3S.HI/c1-22-21(23-10-6-11-25(2)17-19-7-4-3-5-8-19)26-12-14-27(15-13-26)31(28,29)18-20-9-16-30-24-20;/h3-5,7-9,16H,6,10-15,17-18H2,1-2H3,(H,22,23);1H. The summed E-state index contributed by atoms with van der Waals surface area (Å²) in [6.45, 7) is 4.79. The summed E-state index contributed by atoms with van der Waals surface area (Å²) in [7, 11) is 0.487. The van der Waals surface area contributed by atoms with E-state index in [4.69, 9.17) is 4.52 Å². The number of hydrogen-bond acceptors (Lipinski definition) is 6. The van der Waals surface area contributed by atoms with Gasteiger partial charge in [0.25, 0.3) is 0 Å². The largest absolute Gasteiger partial charge is 0.364 e. The number of sulfonamides is 1. The highest BCUT2D eigenvalue weighted by molar-refractivity contribution is 14.0. The van der Waals surface area contributed by atoms with Gasteiger partial charge < -0.3 is 19.6 Å². The van der Waals surface area contributed by atoms with Crippen molar-refractivity contribution in [3.05, 3.63) is 53.9 Å². The molecule has 2 aromatic rings. The lowest BCUT2D eigenvalue weighted by Gasteiger charge is -2.35. The molecule has 0 radical (unpaired) electrons. The number of halogens is 1. The molecule has 0 saturated carbocycles. The Hall–Kier alpha value is -1.70. The smallest absolute Gasteiger partial charge is 0.220 e. The SMILES string of the molecule is CN=C(NCCCN(C)Cc1ccccc1)N1CCN(S(=O)(=O)Cc2ccon2)CC1.I. The molecule has 0 unspecified atom stereocenters. The Morgan fingerprint density at radius 3 is 2.53 bits per heavy atom. The molecule has 0 bridgehead atoms. The average molecular weight is 577 g/mol. The van der Waals surface area contributed by atoms with Gasteiger partial charge in [0.05, 0.1) is 5.69 Å². The Labute approximate surface area is 207 Å². The molecule has 1 N–H and O–H groups in total. The summed E-state index contributed by atoms with van der Waals surface area (Å²) in [6, 6.07) is 12.0. The van der Waals surface area contributed by atoms with E-state index in [1.807, 2.05) is 6.07 Å². The van der Waals surface area contributed by atoms with E-state index in [-0.39, 0.29) is 29.7 Å². The van der Waals surface area contributed by atoms with Gasteiger partial charge in [0.1, 0.15) is 12.0 Å². The summed E-state index contributed by atoms with van der Waals surface area (Å²) >= 11 is 0. The van der Waals surface area contributed by atoms with Crippen molar-refractivity contribution < 1.29 is 12.9 Å². The summed E-state index contributed by atoms with van der Waals surface area (Å²) in [5.74, 6) is 0.687. The van der Waals surface area contributed by atoms with Crippen LogP contribution in [0.25, 0.3) is 0 Å². The average Bonchev–Trinajstić information content (AvgIpc) is 3.27. The Balaban J connectivity index is 0.00000363. The van der Waals surface area contributed by atoms with Gasteiger partial charge in [0.15, 0.2) is 5.96 Å². The van der Waals surface area contributed by atoms with Crippen molar-refractivity contribution in [1.29, 1.82) is 0 Å². The number of hydrogen-bond donors (Lipinski definition) is 1. The van der Waals surface area contributed by atoms with Gasteiger partial charge in [-0.2, -0.15) is 4.31 Å². The maximum absolute atomic E-state index is 12.6. The van der Waals surface area contributed by atoms with E-state index in [0.29, 0.717) is 31.9 Å². The van der Waals surface area contributed by atoms with Gasteiger partial charge in [-0.15, -0.1) is 24.0 Å². The van der Waals surface area contributed by atoms with Crippen molar-refractivity contribution in [2.45, 2.75) is 18.7 Å². The van der Waals surface area contributed by atoms with E-state index in [1.165, 1.54) is 16.1 Å². The lowest BCUT2D eigenvalue weighted by molar-refractivity contribution is 0.259. The van der Waals surface area contributed by atoms with Crippen LogP contribution in [0.2, 0.25) is 0 Å². The van der Waals surface area contributed by atoms with Crippen LogP contribution < -0.4 is 5.32 Å². The first kappa shape index (κ1) is 26.6. The highest BCUT2D eigenvalue weighted by Gasteiger charge is 2.28. The van der Waals surface area contributed by atoms with E-state index in [2.05, 4.69) is 56.6 Å². The first-order chi connectivity index (χ1) is 15.0. The van der Waals surface area contributed by atoms with Crippen LogP contribution in [0.15, 0.2) is 52.2 Å². The topological polar surface area (TPSA) is 94.3 Å². The van der Waals surface area contributed by atoms with Gasteiger partial charge in [-0.25, -0.2) is 8.42 Å². The van der Waals surface area contributed by atoms with Gasteiger partial charge in [-0.05, 0) is 25.6 Å².